The predicted octanol–water partition coefficient (Wildman–Crippen LogP) is 2.87. The van der Waals surface area contributed by atoms with Crippen molar-refractivity contribution in [1.82, 2.24) is 19.7 Å². The Hall–Kier alpha value is -1.91. The zero-order valence-corrected chi connectivity index (χ0v) is 11.3. The second-order valence-corrected chi connectivity index (χ2v) is 4.62. The third-order valence-corrected chi connectivity index (χ3v) is 2.62. The molecular formula is C13H19N5. The van der Waals surface area contributed by atoms with Crippen molar-refractivity contribution in [1.29, 1.82) is 0 Å². The molecule has 0 amide bonds. The minimum atomic E-state index is 0.323. The largest absolute Gasteiger partial charge is 0.338 e. The first-order chi connectivity index (χ1) is 8.58. The summed E-state index contributed by atoms with van der Waals surface area (Å²) in [5.74, 6) is 2.01. The highest BCUT2D eigenvalue weighted by Crippen LogP contribution is 2.17. The smallest absolute Gasteiger partial charge is 0.134 e. The fraction of sp³-hybridized carbons (Fsp3) is 0.462. The molecule has 0 saturated heterocycles. The summed E-state index contributed by atoms with van der Waals surface area (Å²) in [6.07, 6.45) is 3.77. The molecule has 0 aliphatic heterocycles. The van der Waals surface area contributed by atoms with Crippen molar-refractivity contribution in [3.05, 3.63) is 30.0 Å². The number of nitrogens with zero attached hydrogens (tertiary/aromatic N) is 4. The molecule has 0 aliphatic rings. The van der Waals surface area contributed by atoms with Gasteiger partial charge in [0.05, 0.1) is 11.9 Å². The molecule has 0 atom stereocenters. The van der Waals surface area contributed by atoms with Gasteiger partial charge in [-0.25, -0.2) is 9.97 Å². The summed E-state index contributed by atoms with van der Waals surface area (Å²) < 4.78 is 1.87. The van der Waals surface area contributed by atoms with Gasteiger partial charge in [-0.3, -0.25) is 4.68 Å². The number of aromatic nitrogens is 4. The zero-order chi connectivity index (χ0) is 13.1. The lowest BCUT2D eigenvalue weighted by Gasteiger charge is -2.08. The van der Waals surface area contributed by atoms with Crippen LogP contribution in [0.4, 0.5) is 11.5 Å². The van der Waals surface area contributed by atoms with E-state index in [2.05, 4.69) is 41.2 Å². The molecule has 5 heteroatoms. The minimum Gasteiger partial charge on any atom is -0.338 e. The Balaban J connectivity index is 2.23. The molecule has 0 spiro atoms. The van der Waals surface area contributed by atoms with E-state index in [-0.39, 0.29) is 0 Å². The van der Waals surface area contributed by atoms with Gasteiger partial charge in [-0.15, -0.1) is 0 Å². The highest BCUT2D eigenvalue weighted by molar-refractivity contribution is 5.54. The Kier molecular flexibility index (Phi) is 3.60. The summed E-state index contributed by atoms with van der Waals surface area (Å²) >= 11 is 0. The molecule has 0 radical (unpaired) electrons. The standard InChI is InChI=1S/C13H19N5/c1-5-18-8-11(7-14-18)16-12-6-10(4)15-13(17-12)9(2)3/h6-9H,5H2,1-4H3,(H,15,16,17). The maximum absolute atomic E-state index is 4.50. The number of hydrogen-bond donors (Lipinski definition) is 1. The van der Waals surface area contributed by atoms with Crippen molar-refractivity contribution >= 4 is 11.5 Å². The summed E-state index contributed by atoms with van der Waals surface area (Å²) in [5, 5.41) is 7.48. The van der Waals surface area contributed by atoms with Crippen molar-refractivity contribution in [3.8, 4) is 0 Å². The molecule has 2 rings (SSSR count). The van der Waals surface area contributed by atoms with E-state index < -0.39 is 0 Å². The van der Waals surface area contributed by atoms with E-state index >= 15 is 0 Å². The summed E-state index contributed by atoms with van der Waals surface area (Å²) in [6.45, 7) is 9.08. The number of nitrogens with one attached hydrogen (secondary N) is 1. The van der Waals surface area contributed by atoms with Crippen LogP contribution in [-0.4, -0.2) is 19.7 Å². The molecule has 0 bridgehead atoms. The van der Waals surface area contributed by atoms with Gasteiger partial charge in [-0.1, -0.05) is 13.8 Å². The Morgan fingerprint density at radius 1 is 1.33 bits per heavy atom. The van der Waals surface area contributed by atoms with Gasteiger partial charge in [0, 0.05) is 30.4 Å². The summed E-state index contributed by atoms with van der Waals surface area (Å²) in [7, 11) is 0. The molecule has 0 aliphatic carbocycles. The van der Waals surface area contributed by atoms with E-state index in [1.807, 2.05) is 23.9 Å². The lowest BCUT2D eigenvalue weighted by molar-refractivity contribution is 0.660. The fourth-order valence-electron chi connectivity index (χ4n) is 1.66. The van der Waals surface area contributed by atoms with Crippen molar-refractivity contribution < 1.29 is 0 Å². The summed E-state index contributed by atoms with van der Waals surface area (Å²) in [5.41, 5.74) is 1.92. The second-order valence-electron chi connectivity index (χ2n) is 4.62. The monoisotopic (exact) mass is 245 g/mol. The van der Waals surface area contributed by atoms with Gasteiger partial charge in [0.25, 0.3) is 0 Å². The Morgan fingerprint density at radius 3 is 2.72 bits per heavy atom. The van der Waals surface area contributed by atoms with Crippen molar-refractivity contribution in [2.45, 2.75) is 40.2 Å². The first-order valence-electron chi connectivity index (χ1n) is 6.23. The molecule has 96 valence electrons. The van der Waals surface area contributed by atoms with Crippen molar-refractivity contribution in [2.24, 2.45) is 0 Å². The van der Waals surface area contributed by atoms with Crippen LogP contribution in [0.15, 0.2) is 18.5 Å². The van der Waals surface area contributed by atoms with E-state index in [4.69, 9.17) is 0 Å². The molecule has 2 heterocycles. The molecule has 0 saturated carbocycles. The number of anilines is 2. The van der Waals surface area contributed by atoms with E-state index in [1.165, 1.54) is 0 Å². The summed E-state index contributed by atoms with van der Waals surface area (Å²) in [6, 6.07) is 1.94. The van der Waals surface area contributed by atoms with Crippen LogP contribution in [0.2, 0.25) is 0 Å². The van der Waals surface area contributed by atoms with Crippen molar-refractivity contribution in [2.75, 3.05) is 5.32 Å². The van der Waals surface area contributed by atoms with Crippen LogP contribution in [0.1, 0.15) is 38.2 Å². The van der Waals surface area contributed by atoms with Gasteiger partial charge >= 0.3 is 0 Å². The Bertz CT molecular complexity index is 530. The van der Waals surface area contributed by atoms with Crippen LogP contribution in [0.5, 0.6) is 0 Å². The molecule has 0 fully saturated rings. The Morgan fingerprint density at radius 2 is 2.11 bits per heavy atom. The quantitative estimate of drug-likeness (QED) is 0.899. The van der Waals surface area contributed by atoms with Crippen LogP contribution in [0.25, 0.3) is 0 Å². The maximum atomic E-state index is 4.50. The first kappa shape index (κ1) is 12.5. The average molecular weight is 245 g/mol. The fourth-order valence-corrected chi connectivity index (χ4v) is 1.66. The lowest BCUT2D eigenvalue weighted by atomic mass is 10.2. The zero-order valence-electron chi connectivity index (χ0n) is 11.3. The molecule has 0 unspecified atom stereocenters. The van der Waals surface area contributed by atoms with Gasteiger partial charge < -0.3 is 5.32 Å². The van der Waals surface area contributed by atoms with Gasteiger partial charge in [0.1, 0.15) is 11.6 Å². The number of rotatable bonds is 4. The molecular weight excluding hydrogens is 226 g/mol. The molecule has 0 aromatic carbocycles. The normalized spacial score (nSPS) is 10.9. The highest BCUT2D eigenvalue weighted by Gasteiger charge is 2.07. The molecule has 2 aromatic heterocycles. The van der Waals surface area contributed by atoms with Gasteiger partial charge in [0.2, 0.25) is 0 Å². The number of aryl methyl sites for hydroxylation is 2. The lowest BCUT2D eigenvalue weighted by Crippen LogP contribution is -2.03. The first-order valence-corrected chi connectivity index (χ1v) is 6.23. The van der Waals surface area contributed by atoms with E-state index in [0.717, 1.165) is 29.6 Å². The predicted molar refractivity (Wildman–Crippen MR) is 72.0 cm³/mol. The van der Waals surface area contributed by atoms with E-state index in [9.17, 15) is 0 Å². The molecule has 18 heavy (non-hydrogen) atoms. The number of hydrogen-bond acceptors (Lipinski definition) is 4. The minimum absolute atomic E-state index is 0.323. The van der Waals surface area contributed by atoms with Crippen LogP contribution in [-0.2, 0) is 6.54 Å². The third kappa shape index (κ3) is 2.85. The highest BCUT2D eigenvalue weighted by atomic mass is 15.3. The van der Waals surface area contributed by atoms with Crippen LogP contribution in [0, 0.1) is 6.92 Å². The van der Waals surface area contributed by atoms with Crippen LogP contribution >= 0.6 is 0 Å². The third-order valence-electron chi connectivity index (χ3n) is 2.62. The molecule has 2 aromatic rings. The van der Waals surface area contributed by atoms with E-state index in [1.54, 1.807) is 6.20 Å². The maximum Gasteiger partial charge on any atom is 0.134 e. The van der Waals surface area contributed by atoms with Crippen LogP contribution < -0.4 is 5.32 Å². The second kappa shape index (κ2) is 5.16. The average Bonchev–Trinajstić information content (AvgIpc) is 2.76. The van der Waals surface area contributed by atoms with Crippen LogP contribution in [0.3, 0.4) is 0 Å². The Labute approximate surface area is 107 Å². The topological polar surface area (TPSA) is 55.6 Å². The van der Waals surface area contributed by atoms with Crippen molar-refractivity contribution in [3.63, 3.8) is 0 Å². The molecule has 1 N–H and O–H groups in total. The molecule has 5 nitrogen and oxygen atoms in total. The van der Waals surface area contributed by atoms with Gasteiger partial charge in [0.15, 0.2) is 0 Å². The van der Waals surface area contributed by atoms with Gasteiger partial charge in [-0.2, -0.15) is 5.10 Å². The van der Waals surface area contributed by atoms with Gasteiger partial charge in [-0.05, 0) is 13.8 Å². The SMILES string of the molecule is CCn1cc(Nc2cc(C)nc(C(C)C)n2)cn1. The van der Waals surface area contributed by atoms with E-state index in [0.29, 0.717) is 5.92 Å². The summed E-state index contributed by atoms with van der Waals surface area (Å²) in [4.78, 5) is 8.93.